The van der Waals surface area contributed by atoms with E-state index in [4.69, 9.17) is 16.3 Å². The lowest BCUT2D eigenvalue weighted by Crippen LogP contribution is -2.41. The molecule has 1 atom stereocenters. The molecule has 8 heteroatoms. The van der Waals surface area contributed by atoms with E-state index in [1.165, 1.54) is 12.3 Å². The Morgan fingerprint density at radius 1 is 1.28 bits per heavy atom. The molecule has 1 aliphatic heterocycles. The quantitative estimate of drug-likeness (QED) is 0.628. The van der Waals surface area contributed by atoms with Crippen LogP contribution < -0.4 is 5.32 Å². The molecule has 1 N–H and O–H groups in total. The number of hydrogen-bond donors (Lipinski definition) is 1. The number of anilines is 1. The number of morpholine rings is 1. The molecule has 0 amide bonds. The molecule has 0 bridgehead atoms. The predicted molar refractivity (Wildman–Crippen MR) is 96.0 cm³/mol. The zero-order valence-electron chi connectivity index (χ0n) is 13.6. The van der Waals surface area contributed by atoms with E-state index in [9.17, 15) is 10.1 Å². The van der Waals surface area contributed by atoms with Gasteiger partial charge in [0.15, 0.2) is 0 Å². The van der Waals surface area contributed by atoms with Crippen molar-refractivity contribution in [3.05, 3.63) is 63.3 Å². The van der Waals surface area contributed by atoms with Gasteiger partial charge in [0.05, 0.1) is 24.2 Å². The van der Waals surface area contributed by atoms with Crippen molar-refractivity contribution in [3.8, 4) is 0 Å². The van der Waals surface area contributed by atoms with Crippen LogP contribution in [0.25, 0.3) is 0 Å². The fourth-order valence-corrected chi connectivity index (χ4v) is 3.13. The van der Waals surface area contributed by atoms with Crippen molar-refractivity contribution in [2.24, 2.45) is 0 Å². The molecule has 0 saturated carbocycles. The number of nitro groups is 1. The molecule has 1 saturated heterocycles. The van der Waals surface area contributed by atoms with Gasteiger partial charge in [-0.1, -0.05) is 29.8 Å². The Morgan fingerprint density at radius 3 is 2.68 bits per heavy atom. The SMILES string of the molecule is O=[N+]([O-])c1ccc(NC[C@@H](c2ccccc2Cl)N2CCOCC2)nc1. The van der Waals surface area contributed by atoms with Gasteiger partial charge >= 0.3 is 0 Å². The third-order valence-corrected chi connectivity index (χ3v) is 4.53. The molecule has 3 rings (SSSR count). The number of rotatable bonds is 6. The summed E-state index contributed by atoms with van der Waals surface area (Å²) in [5.41, 5.74) is 1.02. The minimum absolute atomic E-state index is 0.0265. The first-order valence-electron chi connectivity index (χ1n) is 8.05. The molecule has 0 unspecified atom stereocenters. The highest BCUT2D eigenvalue weighted by atomic mass is 35.5. The first-order chi connectivity index (χ1) is 12.1. The van der Waals surface area contributed by atoms with Gasteiger partial charge < -0.3 is 10.1 Å². The molecular weight excluding hydrogens is 344 g/mol. The Hall–Kier alpha value is -2.22. The molecule has 7 nitrogen and oxygen atoms in total. The molecular formula is C17H19ClN4O3. The minimum atomic E-state index is -0.461. The van der Waals surface area contributed by atoms with Crippen molar-refractivity contribution in [2.75, 3.05) is 38.2 Å². The van der Waals surface area contributed by atoms with Crippen molar-refractivity contribution in [2.45, 2.75) is 6.04 Å². The number of pyridine rings is 1. The molecule has 1 fully saturated rings. The lowest BCUT2D eigenvalue weighted by Gasteiger charge is -2.35. The summed E-state index contributed by atoms with van der Waals surface area (Å²) in [6, 6.07) is 10.9. The number of halogens is 1. The van der Waals surface area contributed by atoms with Crippen molar-refractivity contribution in [1.82, 2.24) is 9.88 Å². The smallest absolute Gasteiger partial charge is 0.287 e. The third kappa shape index (κ3) is 4.45. The number of benzene rings is 1. The average molecular weight is 363 g/mol. The summed E-state index contributed by atoms with van der Waals surface area (Å²) in [6.45, 7) is 3.62. The maximum absolute atomic E-state index is 10.7. The van der Waals surface area contributed by atoms with E-state index in [2.05, 4.69) is 15.2 Å². The molecule has 0 radical (unpaired) electrons. The summed E-state index contributed by atoms with van der Waals surface area (Å²) in [5, 5.41) is 14.7. The van der Waals surface area contributed by atoms with Gasteiger partial charge in [0.2, 0.25) is 0 Å². The van der Waals surface area contributed by atoms with Gasteiger partial charge in [-0.15, -0.1) is 0 Å². The Balaban J connectivity index is 1.75. The maximum Gasteiger partial charge on any atom is 0.287 e. The number of nitrogens with zero attached hydrogens (tertiary/aromatic N) is 3. The predicted octanol–water partition coefficient (Wildman–Crippen LogP) is 3.13. The Labute approximate surface area is 150 Å². The lowest BCUT2D eigenvalue weighted by molar-refractivity contribution is -0.385. The van der Waals surface area contributed by atoms with E-state index >= 15 is 0 Å². The van der Waals surface area contributed by atoms with Crippen LogP contribution in [0.2, 0.25) is 5.02 Å². The molecule has 1 aliphatic rings. The summed E-state index contributed by atoms with van der Waals surface area (Å²) in [6.07, 6.45) is 1.25. The van der Waals surface area contributed by atoms with E-state index in [1.807, 2.05) is 24.3 Å². The van der Waals surface area contributed by atoms with Gasteiger partial charge in [-0.05, 0) is 17.7 Å². The molecule has 0 spiro atoms. The maximum atomic E-state index is 10.7. The summed E-state index contributed by atoms with van der Waals surface area (Å²) >= 11 is 6.40. The van der Waals surface area contributed by atoms with Crippen LogP contribution in [-0.2, 0) is 4.74 Å². The molecule has 1 aromatic carbocycles. The van der Waals surface area contributed by atoms with Crippen molar-refractivity contribution in [3.63, 3.8) is 0 Å². The Morgan fingerprint density at radius 2 is 2.04 bits per heavy atom. The van der Waals surface area contributed by atoms with E-state index in [-0.39, 0.29) is 11.7 Å². The summed E-state index contributed by atoms with van der Waals surface area (Å²) in [5.74, 6) is 0.593. The van der Waals surface area contributed by atoms with Gasteiger partial charge in [0.1, 0.15) is 12.0 Å². The zero-order chi connectivity index (χ0) is 17.6. The van der Waals surface area contributed by atoms with E-state index in [1.54, 1.807) is 6.07 Å². The first-order valence-corrected chi connectivity index (χ1v) is 8.43. The highest BCUT2D eigenvalue weighted by molar-refractivity contribution is 6.31. The fraction of sp³-hybridized carbons (Fsp3) is 0.353. The van der Waals surface area contributed by atoms with Crippen LogP contribution >= 0.6 is 11.6 Å². The highest BCUT2D eigenvalue weighted by Gasteiger charge is 2.24. The van der Waals surface area contributed by atoms with E-state index < -0.39 is 4.92 Å². The van der Waals surface area contributed by atoms with Crippen LogP contribution in [0, 0.1) is 10.1 Å². The number of ether oxygens (including phenoxy) is 1. The molecule has 1 aromatic heterocycles. The molecule has 25 heavy (non-hydrogen) atoms. The van der Waals surface area contributed by atoms with Crippen LogP contribution in [0.1, 0.15) is 11.6 Å². The van der Waals surface area contributed by atoms with Crippen molar-refractivity contribution >= 4 is 23.1 Å². The van der Waals surface area contributed by atoms with Crippen molar-refractivity contribution < 1.29 is 9.66 Å². The van der Waals surface area contributed by atoms with Crippen molar-refractivity contribution in [1.29, 1.82) is 0 Å². The first kappa shape index (κ1) is 17.6. The second kappa shape index (κ2) is 8.24. The molecule has 0 aliphatic carbocycles. The second-order valence-corrected chi connectivity index (χ2v) is 6.13. The zero-order valence-corrected chi connectivity index (χ0v) is 14.4. The van der Waals surface area contributed by atoms with Crippen LogP contribution in [0.15, 0.2) is 42.6 Å². The number of nitrogens with one attached hydrogen (secondary N) is 1. The fourth-order valence-electron chi connectivity index (χ4n) is 2.87. The summed E-state index contributed by atoms with van der Waals surface area (Å²) in [4.78, 5) is 16.7. The monoisotopic (exact) mass is 362 g/mol. The van der Waals surface area contributed by atoms with Gasteiger partial charge in [-0.2, -0.15) is 0 Å². The normalized spacial score (nSPS) is 16.4. The standard InChI is InChI=1S/C17H19ClN4O3/c18-15-4-2-1-3-14(15)16(21-7-9-25-10-8-21)12-20-17-6-5-13(11-19-17)22(23)24/h1-6,11,16H,7-10,12H2,(H,19,20)/t16-/m0/s1. The number of aromatic nitrogens is 1. The van der Waals surface area contributed by atoms with Crippen LogP contribution in [0.4, 0.5) is 11.5 Å². The Bertz CT molecular complexity index is 720. The van der Waals surface area contributed by atoms with Gasteiger partial charge in [-0.25, -0.2) is 4.98 Å². The molecule has 132 valence electrons. The topological polar surface area (TPSA) is 80.5 Å². The van der Waals surface area contributed by atoms with Gasteiger partial charge in [0, 0.05) is 30.7 Å². The van der Waals surface area contributed by atoms with Crippen LogP contribution in [0.3, 0.4) is 0 Å². The Kier molecular flexibility index (Phi) is 5.80. The van der Waals surface area contributed by atoms with E-state index in [0.29, 0.717) is 25.6 Å². The molecule has 2 aromatic rings. The summed E-state index contributed by atoms with van der Waals surface area (Å²) < 4.78 is 5.44. The lowest BCUT2D eigenvalue weighted by atomic mass is 10.0. The third-order valence-electron chi connectivity index (χ3n) is 4.19. The van der Waals surface area contributed by atoms with Crippen LogP contribution in [0.5, 0.6) is 0 Å². The van der Waals surface area contributed by atoms with E-state index in [0.717, 1.165) is 23.7 Å². The summed E-state index contributed by atoms with van der Waals surface area (Å²) in [7, 11) is 0. The average Bonchev–Trinajstić information content (AvgIpc) is 2.64. The second-order valence-electron chi connectivity index (χ2n) is 5.73. The van der Waals surface area contributed by atoms with Gasteiger partial charge in [0.25, 0.3) is 5.69 Å². The minimum Gasteiger partial charge on any atom is -0.379 e. The largest absolute Gasteiger partial charge is 0.379 e. The van der Waals surface area contributed by atoms with Crippen LogP contribution in [-0.4, -0.2) is 47.7 Å². The van der Waals surface area contributed by atoms with Gasteiger partial charge in [-0.3, -0.25) is 15.0 Å². The number of hydrogen-bond acceptors (Lipinski definition) is 6. The highest BCUT2D eigenvalue weighted by Crippen LogP contribution is 2.28. The molecule has 2 heterocycles.